The van der Waals surface area contributed by atoms with Crippen LogP contribution in [0.4, 0.5) is 0 Å². The summed E-state index contributed by atoms with van der Waals surface area (Å²) in [6, 6.07) is 23.3. The van der Waals surface area contributed by atoms with E-state index in [9.17, 15) is 4.79 Å². The molecule has 0 bridgehead atoms. The largest absolute Gasteiger partial charge is 0.272 e. The number of rotatable bonds is 7. The molecular weight excluding hydrogens is 396 g/mol. The smallest absolute Gasteiger partial charge is 0.250 e. The molecule has 148 valence electrons. The first-order chi connectivity index (χ1) is 14.8. The highest BCUT2D eigenvalue weighted by molar-refractivity contribution is 7.99. The van der Waals surface area contributed by atoms with Gasteiger partial charge in [-0.2, -0.15) is 5.10 Å². The van der Waals surface area contributed by atoms with Crippen LogP contribution in [0.1, 0.15) is 5.56 Å². The number of carbonyl (C=O) groups excluding carboxylic acids is 1. The zero-order valence-corrected chi connectivity index (χ0v) is 16.7. The lowest BCUT2D eigenvalue weighted by atomic mass is 10.2. The van der Waals surface area contributed by atoms with Crippen LogP contribution in [0.15, 0.2) is 95.4 Å². The lowest BCUT2D eigenvalue weighted by Gasteiger charge is -2.10. The topological polar surface area (TPSA) is 85.1 Å². The Morgan fingerprint density at radius 2 is 1.77 bits per heavy atom. The van der Waals surface area contributed by atoms with Gasteiger partial charge in [0.2, 0.25) is 0 Å². The van der Waals surface area contributed by atoms with Crippen molar-refractivity contribution in [1.82, 2.24) is 25.2 Å². The lowest BCUT2D eigenvalue weighted by molar-refractivity contribution is -0.118. The summed E-state index contributed by atoms with van der Waals surface area (Å²) in [5.74, 6) is 0.646. The van der Waals surface area contributed by atoms with Gasteiger partial charge in [-0.3, -0.25) is 14.3 Å². The fraction of sp³-hybridized carbons (Fsp3) is 0.0455. The molecule has 0 fully saturated rings. The highest BCUT2D eigenvalue weighted by Crippen LogP contribution is 2.27. The van der Waals surface area contributed by atoms with Gasteiger partial charge >= 0.3 is 0 Å². The van der Waals surface area contributed by atoms with Crippen molar-refractivity contribution < 1.29 is 4.79 Å². The normalized spacial score (nSPS) is 10.9. The van der Waals surface area contributed by atoms with Crippen LogP contribution < -0.4 is 5.43 Å². The molecule has 0 aliphatic heterocycles. The van der Waals surface area contributed by atoms with Crippen LogP contribution in [0.2, 0.25) is 0 Å². The van der Waals surface area contributed by atoms with E-state index in [2.05, 4.69) is 25.7 Å². The minimum Gasteiger partial charge on any atom is -0.272 e. The standard InChI is InChI=1S/C22H18N6OS/c29-20(25-24-15-17-8-7-13-23-14-17)16-30-22-27-26-21(18-9-3-1-4-10-18)28(22)19-11-5-2-6-12-19/h1-15H,16H2,(H,25,29). The zero-order valence-electron chi connectivity index (χ0n) is 15.9. The molecule has 0 radical (unpaired) electrons. The Balaban J connectivity index is 1.49. The maximum atomic E-state index is 12.2. The van der Waals surface area contributed by atoms with E-state index in [1.807, 2.05) is 71.3 Å². The molecule has 4 rings (SSSR count). The third-order valence-electron chi connectivity index (χ3n) is 4.10. The Morgan fingerprint density at radius 3 is 2.50 bits per heavy atom. The summed E-state index contributed by atoms with van der Waals surface area (Å²) in [5.41, 5.74) is 5.21. The Bertz CT molecular complexity index is 1130. The summed E-state index contributed by atoms with van der Waals surface area (Å²) in [7, 11) is 0. The van der Waals surface area contributed by atoms with Crippen LogP contribution in [0.3, 0.4) is 0 Å². The second-order valence-electron chi connectivity index (χ2n) is 6.21. The third-order valence-corrected chi connectivity index (χ3v) is 5.03. The van der Waals surface area contributed by atoms with Crippen LogP contribution in [-0.4, -0.2) is 37.6 Å². The highest BCUT2D eigenvalue weighted by atomic mass is 32.2. The van der Waals surface area contributed by atoms with Crippen LogP contribution in [-0.2, 0) is 4.79 Å². The number of hydrogen-bond acceptors (Lipinski definition) is 6. The van der Waals surface area contributed by atoms with Crippen molar-refractivity contribution in [2.45, 2.75) is 5.16 Å². The number of amides is 1. The number of hydrazone groups is 1. The first kappa shape index (κ1) is 19.5. The summed E-state index contributed by atoms with van der Waals surface area (Å²) in [6.07, 6.45) is 4.90. The number of carbonyl (C=O) groups is 1. The van der Waals surface area contributed by atoms with Crippen molar-refractivity contribution in [3.8, 4) is 17.1 Å². The summed E-state index contributed by atoms with van der Waals surface area (Å²) in [6.45, 7) is 0. The molecule has 0 aliphatic rings. The zero-order chi connectivity index (χ0) is 20.6. The summed E-state index contributed by atoms with van der Waals surface area (Å²) >= 11 is 1.30. The minimum absolute atomic E-state index is 0.157. The number of benzene rings is 2. The van der Waals surface area contributed by atoms with Crippen LogP contribution in [0, 0.1) is 0 Å². The number of nitrogens with zero attached hydrogens (tertiary/aromatic N) is 5. The van der Waals surface area contributed by atoms with E-state index in [-0.39, 0.29) is 11.7 Å². The van der Waals surface area contributed by atoms with Crippen molar-refractivity contribution in [2.24, 2.45) is 5.10 Å². The molecule has 4 aromatic rings. The molecule has 2 heterocycles. The Labute approximate surface area is 177 Å². The quantitative estimate of drug-likeness (QED) is 0.284. The molecule has 30 heavy (non-hydrogen) atoms. The van der Waals surface area contributed by atoms with Gasteiger partial charge in [0, 0.05) is 29.2 Å². The molecule has 2 aromatic heterocycles. The molecule has 0 unspecified atom stereocenters. The Hall–Kier alpha value is -3.78. The van der Waals surface area contributed by atoms with Crippen molar-refractivity contribution in [3.05, 3.63) is 90.8 Å². The van der Waals surface area contributed by atoms with E-state index in [1.54, 1.807) is 24.7 Å². The van der Waals surface area contributed by atoms with Crippen molar-refractivity contribution in [3.63, 3.8) is 0 Å². The fourth-order valence-electron chi connectivity index (χ4n) is 2.74. The van der Waals surface area contributed by atoms with E-state index < -0.39 is 0 Å². The predicted molar refractivity (Wildman–Crippen MR) is 117 cm³/mol. The Morgan fingerprint density at radius 1 is 1.00 bits per heavy atom. The van der Waals surface area contributed by atoms with Gasteiger partial charge in [0.15, 0.2) is 11.0 Å². The first-order valence-corrected chi connectivity index (χ1v) is 10.2. The number of aromatic nitrogens is 4. The van der Waals surface area contributed by atoms with Gasteiger partial charge in [0.05, 0.1) is 12.0 Å². The minimum atomic E-state index is -0.232. The molecule has 0 saturated heterocycles. The van der Waals surface area contributed by atoms with Gasteiger partial charge in [0.25, 0.3) is 5.91 Å². The molecule has 1 N–H and O–H groups in total. The van der Waals surface area contributed by atoms with Gasteiger partial charge in [-0.15, -0.1) is 10.2 Å². The molecule has 0 aliphatic carbocycles. The van der Waals surface area contributed by atoms with Crippen molar-refractivity contribution in [2.75, 3.05) is 5.75 Å². The Kier molecular flexibility index (Phi) is 6.26. The summed E-state index contributed by atoms with van der Waals surface area (Å²) in [5, 5.41) is 13.3. The highest BCUT2D eigenvalue weighted by Gasteiger charge is 2.16. The molecule has 8 heteroatoms. The lowest BCUT2D eigenvalue weighted by Crippen LogP contribution is -2.20. The van der Waals surface area contributed by atoms with Gasteiger partial charge in [-0.05, 0) is 18.2 Å². The number of para-hydroxylation sites is 1. The van der Waals surface area contributed by atoms with E-state index in [4.69, 9.17) is 0 Å². The molecule has 2 aromatic carbocycles. The van der Waals surface area contributed by atoms with Crippen molar-refractivity contribution >= 4 is 23.9 Å². The van der Waals surface area contributed by atoms with Crippen molar-refractivity contribution in [1.29, 1.82) is 0 Å². The van der Waals surface area contributed by atoms with Gasteiger partial charge in [-0.1, -0.05) is 66.4 Å². The summed E-state index contributed by atoms with van der Waals surface area (Å²) in [4.78, 5) is 16.2. The van der Waals surface area contributed by atoms with Crippen LogP contribution in [0.25, 0.3) is 17.1 Å². The molecule has 7 nitrogen and oxygen atoms in total. The third kappa shape index (κ3) is 4.79. The van der Waals surface area contributed by atoms with Gasteiger partial charge in [0.1, 0.15) is 0 Å². The van der Waals surface area contributed by atoms with Crippen LogP contribution in [0.5, 0.6) is 0 Å². The molecule has 0 atom stereocenters. The molecule has 0 saturated carbocycles. The average molecular weight is 414 g/mol. The number of hydrogen-bond donors (Lipinski definition) is 1. The molecule has 0 spiro atoms. The maximum absolute atomic E-state index is 12.2. The van der Waals surface area contributed by atoms with E-state index >= 15 is 0 Å². The van der Waals surface area contributed by atoms with Crippen LogP contribution >= 0.6 is 11.8 Å². The number of nitrogens with one attached hydrogen (secondary N) is 1. The molecule has 1 amide bonds. The fourth-order valence-corrected chi connectivity index (χ4v) is 3.49. The van der Waals surface area contributed by atoms with E-state index in [0.29, 0.717) is 5.16 Å². The van der Waals surface area contributed by atoms with E-state index in [0.717, 1.165) is 22.6 Å². The average Bonchev–Trinajstić information content (AvgIpc) is 3.23. The monoisotopic (exact) mass is 414 g/mol. The number of pyridine rings is 1. The molecular formula is C22H18N6OS. The second-order valence-corrected chi connectivity index (χ2v) is 7.15. The maximum Gasteiger partial charge on any atom is 0.250 e. The first-order valence-electron chi connectivity index (χ1n) is 9.22. The van der Waals surface area contributed by atoms with E-state index in [1.165, 1.54) is 11.8 Å². The summed E-state index contributed by atoms with van der Waals surface area (Å²) < 4.78 is 1.95. The SMILES string of the molecule is O=C(CSc1nnc(-c2ccccc2)n1-c1ccccc1)NN=Cc1cccnc1. The number of thioether (sulfide) groups is 1. The van der Waals surface area contributed by atoms with Gasteiger partial charge < -0.3 is 0 Å². The predicted octanol–water partition coefficient (Wildman–Crippen LogP) is 3.57. The second kappa shape index (κ2) is 9.62. The van der Waals surface area contributed by atoms with Gasteiger partial charge in [-0.25, -0.2) is 5.43 Å².